The van der Waals surface area contributed by atoms with Gasteiger partial charge in [0.15, 0.2) is 0 Å². The molecule has 1 aliphatic heterocycles. The van der Waals surface area contributed by atoms with Crippen molar-refractivity contribution in [3.63, 3.8) is 0 Å². The summed E-state index contributed by atoms with van der Waals surface area (Å²) in [5, 5.41) is 0. The number of hydrogen-bond acceptors (Lipinski definition) is 5. The van der Waals surface area contributed by atoms with E-state index < -0.39 is 5.60 Å². The molecule has 154 valence electrons. The van der Waals surface area contributed by atoms with Crippen LogP contribution >= 0.6 is 0 Å². The highest BCUT2D eigenvalue weighted by Gasteiger charge is 2.52. The first-order valence-electron chi connectivity index (χ1n) is 10.2. The zero-order valence-electron chi connectivity index (χ0n) is 17.6. The van der Waals surface area contributed by atoms with Gasteiger partial charge in [-0.3, -0.25) is 0 Å². The third kappa shape index (κ3) is 4.36. The second kappa shape index (κ2) is 7.32. The molecule has 1 aromatic heterocycles. The van der Waals surface area contributed by atoms with Crippen LogP contribution in [0.5, 0.6) is 5.75 Å². The summed E-state index contributed by atoms with van der Waals surface area (Å²) in [7, 11) is 0. The Labute approximate surface area is 172 Å². The Kier molecular flexibility index (Phi) is 4.97. The van der Waals surface area contributed by atoms with E-state index in [0.29, 0.717) is 5.92 Å². The average molecular weight is 396 g/mol. The van der Waals surface area contributed by atoms with Crippen molar-refractivity contribution in [2.45, 2.75) is 52.2 Å². The molecule has 1 amide bonds. The van der Waals surface area contributed by atoms with Crippen LogP contribution in [0.4, 0.5) is 4.79 Å². The Morgan fingerprint density at radius 3 is 2.79 bits per heavy atom. The Bertz CT molecular complexity index is 880. The number of hydrogen-bond donors (Lipinski definition) is 0. The summed E-state index contributed by atoms with van der Waals surface area (Å²) in [4.78, 5) is 22.6. The van der Waals surface area contributed by atoms with Crippen molar-refractivity contribution in [1.29, 1.82) is 0 Å². The standard InChI is InChI=1S/C23H29N3O3/c1-22(2,3)29-21(27)26-13-17-11-19(12-23(17,4)14-26)28-18-7-5-6-16(10-18)20-8-9-24-15-25-20/h5-10,15,17,19H,11-14H2,1-4H3/t17-,19+,23+/m1/s1. The second-order valence-corrected chi connectivity index (χ2v) is 9.51. The Morgan fingerprint density at radius 2 is 2.10 bits per heavy atom. The zero-order chi connectivity index (χ0) is 20.6. The number of amides is 1. The number of fused-ring (bicyclic) bond motifs is 1. The minimum atomic E-state index is -0.462. The monoisotopic (exact) mass is 395 g/mol. The number of carbonyl (C=O) groups excluding carboxylic acids is 1. The van der Waals surface area contributed by atoms with Crippen molar-refractivity contribution >= 4 is 6.09 Å². The summed E-state index contributed by atoms with van der Waals surface area (Å²) >= 11 is 0. The fraction of sp³-hybridized carbons (Fsp3) is 0.522. The highest BCUT2D eigenvalue weighted by molar-refractivity contribution is 5.68. The molecule has 6 nitrogen and oxygen atoms in total. The molecular formula is C23H29N3O3. The van der Waals surface area contributed by atoms with Crippen molar-refractivity contribution in [2.24, 2.45) is 11.3 Å². The lowest BCUT2D eigenvalue weighted by Crippen LogP contribution is -2.37. The van der Waals surface area contributed by atoms with Gasteiger partial charge in [-0.15, -0.1) is 0 Å². The van der Waals surface area contributed by atoms with Gasteiger partial charge < -0.3 is 14.4 Å². The van der Waals surface area contributed by atoms with Crippen LogP contribution in [0.2, 0.25) is 0 Å². The molecule has 1 saturated heterocycles. The lowest BCUT2D eigenvalue weighted by atomic mass is 9.83. The largest absolute Gasteiger partial charge is 0.490 e. The summed E-state index contributed by atoms with van der Waals surface area (Å²) < 4.78 is 11.9. The molecule has 2 aromatic rings. The highest BCUT2D eigenvalue weighted by Crippen LogP contribution is 2.49. The molecule has 0 radical (unpaired) electrons. The van der Waals surface area contributed by atoms with E-state index in [1.165, 1.54) is 0 Å². The first-order chi connectivity index (χ1) is 13.7. The van der Waals surface area contributed by atoms with E-state index in [2.05, 4.69) is 16.9 Å². The van der Waals surface area contributed by atoms with Gasteiger partial charge in [0.1, 0.15) is 17.7 Å². The molecule has 2 aliphatic rings. The minimum Gasteiger partial charge on any atom is -0.490 e. The van der Waals surface area contributed by atoms with Gasteiger partial charge in [-0.2, -0.15) is 0 Å². The molecule has 1 aromatic carbocycles. The number of benzene rings is 1. The predicted molar refractivity (Wildman–Crippen MR) is 111 cm³/mol. The fourth-order valence-corrected chi connectivity index (χ4v) is 4.57. The van der Waals surface area contributed by atoms with Crippen molar-refractivity contribution in [1.82, 2.24) is 14.9 Å². The van der Waals surface area contributed by atoms with Crippen LogP contribution < -0.4 is 4.74 Å². The van der Waals surface area contributed by atoms with E-state index in [1.54, 1.807) is 12.5 Å². The molecule has 0 spiro atoms. The van der Waals surface area contributed by atoms with Crippen LogP contribution in [0.1, 0.15) is 40.5 Å². The number of likely N-dealkylation sites (tertiary alicyclic amines) is 1. The highest BCUT2D eigenvalue weighted by atomic mass is 16.6. The van der Waals surface area contributed by atoms with Gasteiger partial charge in [0.2, 0.25) is 0 Å². The smallest absolute Gasteiger partial charge is 0.410 e. The predicted octanol–water partition coefficient (Wildman–Crippen LogP) is 4.56. The van der Waals surface area contributed by atoms with E-state index in [1.807, 2.05) is 56.0 Å². The first kappa shape index (κ1) is 19.7. The SMILES string of the molecule is CC(C)(C)OC(=O)N1C[C@H]2C[C@H](Oc3cccc(-c4ccncn4)c3)C[C@@]2(C)C1. The zero-order valence-corrected chi connectivity index (χ0v) is 17.6. The normalized spacial score (nSPS) is 26.3. The van der Waals surface area contributed by atoms with Gasteiger partial charge >= 0.3 is 6.09 Å². The van der Waals surface area contributed by atoms with Gasteiger partial charge in [-0.1, -0.05) is 19.1 Å². The lowest BCUT2D eigenvalue weighted by molar-refractivity contribution is 0.0259. The lowest BCUT2D eigenvalue weighted by Gasteiger charge is -2.27. The minimum absolute atomic E-state index is 0.0752. The van der Waals surface area contributed by atoms with Crippen LogP contribution in [0.3, 0.4) is 0 Å². The molecule has 0 unspecified atom stereocenters. The molecule has 29 heavy (non-hydrogen) atoms. The third-order valence-corrected chi connectivity index (χ3v) is 5.89. The van der Waals surface area contributed by atoms with Crippen LogP contribution in [0.25, 0.3) is 11.3 Å². The van der Waals surface area contributed by atoms with Crippen molar-refractivity contribution in [3.05, 3.63) is 42.9 Å². The Hall–Kier alpha value is -2.63. The van der Waals surface area contributed by atoms with Gasteiger partial charge in [-0.05, 0) is 63.1 Å². The van der Waals surface area contributed by atoms with Crippen molar-refractivity contribution in [2.75, 3.05) is 13.1 Å². The van der Waals surface area contributed by atoms with Crippen LogP contribution in [0, 0.1) is 11.3 Å². The van der Waals surface area contributed by atoms with Gasteiger partial charge in [0, 0.05) is 24.8 Å². The summed E-state index contributed by atoms with van der Waals surface area (Å²) in [6, 6.07) is 9.94. The molecule has 1 aliphatic carbocycles. The molecule has 2 heterocycles. The summed E-state index contributed by atoms with van der Waals surface area (Å²) in [5.74, 6) is 1.30. The van der Waals surface area contributed by atoms with Gasteiger partial charge in [-0.25, -0.2) is 14.8 Å². The number of carbonyl (C=O) groups is 1. The average Bonchev–Trinajstić information content (AvgIpc) is 3.12. The third-order valence-electron chi connectivity index (χ3n) is 5.89. The van der Waals surface area contributed by atoms with E-state index in [-0.39, 0.29) is 17.6 Å². The topological polar surface area (TPSA) is 64.5 Å². The van der Waals surface area contributed by atoms with Gasteiger partial charge in [0.05, 0.1) is 11.8 Å². The second-order valence-electron chi connectivity index (χ2n) is 9.51. The number of rotatable bonds is 3. The fourth-order valence-electron chi connectivity index (χ4n) is 4.57. The summed E-state index contributed by atoms with van der Waals surface area (Å²) in [6.45, 7) is 9.46. The van der Waals surface area contributed by atoms with Crippen LogP contribution in [0.15, 0.2) is 42.9 Å². The van der Waals surface area contributed by atoms with Crippen molar-refractivity contribution in [3.8, 4) is 17.0 Å². The molecule has 0 N–H and O–H groups in total. The Morgan fingerprint density at radius 1 is 1.28 bits per heavy atom. The van der Waals surface area contributed by atoms with E-state index >= 15 is 0 Å². The van der Waals surface area contributed by atoms with Crippen LogP contribution in [-0.2, 0) is 4.74 Å². The summed E-state index contributed by atoms with van der Waals surface area (Å²) in [6.07, 6.45) is 5.14. The maximum absolute atomic E-state index is 12.4. The molecule has 2 fully saturated rings. The van der Waals surface area contributed by atoms with Crippen molar-refractivity contribution < 1.29 is 14.3 Å². The molecule has 1 saturated carbocycles. The molecule has 0 bridgehead atoms. The Balaban J connectivity index is 1.39. The van der Waals surface area contributed by atoms with E-state index in [4.69, 9.17) is 9.47 Å². The van der Waals surface area contributed by atoms with Gasteiger partial charge in [0.25, 0.3) is 0 Å². The molecule has 3 atom stereocenters. The first-order valence-corrected chi connectivity index (χ1v) is 10.2. The molecule has 4 rings (SSSR count). The number of aromatic nitrogens is 2. The number of nitrogens with zero attached hydrogens (tertiary/aromatic N) is 3. The number of ether oxygens (including phenoxy) is 2. The maximum Gasteiger partial charge on any atom is 0.410 e. The van der Waals surface area contributed by atoms with E-state index in [0.717, 1.165) is 42.9 Å². The quantitative estimate of drug-likeness (QED) is 0.762. The summed E-state index contributed by atoms with van der Waals surface area (Å²) in [5.41, 5.74) is 1.51. The van der Waals surface area contributed by atoms with E-state index in [9.17, 15) is 4.79 Å². The molecular weight excluding hydrogens is 366 g/mol. The van der Waals surface area contributed by atoms with Crippen LogP contribution in [-0.4, -0.2) is 45.8 Å². The molecule has 6 heteroatoms. The maximum atomic E-state index is 12.4.